The fourth-order valence-electron chi connectivity index (χ4n) is 3.88. The summed E-state index contributed by atoms with van der Waals surface area (Å²) in [6.45, 7) is 3.72. The Morgan fingerprint density at radius 3 is 2.55 bits per heavy atom. The average Bonchev–Trinajstić information content (AvgIpc) is 3.11. The predicted octanol–water partition coefficient (Wildman–Crippen LogP) is 6.85. The SMILES string of the molecule is CCOP(C)(=O)C(C(=O)Cc1ccc2ccccc2c1)c1csc2ccccc12. The molecule has 4 aromatic rings. The van der Waals surface area contributed by atoms with Gasteiger partial charge in [0.1, 0.15) is 5.66 Å². The van der Waals surface area contributed by atoms with Crippen molar-refractivity contribution in [2.24, 2.45) is 0 Å². The van der Waals surface area contributed by atoms with E-state index in [1.807, 2.05) is 73.0 Å². The van der Waals surface area contributed by atoms with Gasteiger partial charge in [0.25, 0.3) is 0 Å². The lowest BCUT2D eigenvalue weighted by molar-refractivity contribution is -0.118. The monoisotopic (exact) mass is 422 g/mol. The summed E-state index contributed by atoms with van der Waals surface area (Å²) < 4.78 is 20.2. The molecule has 0 saturated heterocycles. The minimum Gasteiger partial charge on any atom is -0.328 e. The van der Waals surface area contributed by atoms with Crippen molar-refractivity contribution in [1.29, 1.82) is 0 Å². The lowest BCUT2D eigenvalue weighted by Crippen LogP contribution is -2.16. The number of hydrogen-bond acceptors (Lipinski definition) is 4. The van der Waals surface area contributed by atoms with Crippen LogP contribution in [0.1, 0.15) is 23.7 Å². The summed E-state index contributed by atoms with van der Waals surface area (Å²) in [6, 6.07) is 22.1. The second-order valence-corrected chi connectivity index (χ2v) is 10.7. The van der Waals surface area contributed by atoms with Crippen LogP contribution in [-0.4, -0.2) is 19.1 Å². The fraction of sp³-hybridized carbons (Fsp3) is 0.208. The standard InChI is InChI=1S/C24H23O3PS/c1-3-27-28(2,26)24(21-16-29-23-11-7-6-10-20(21)23)22(25)15-17-12-13-18-8-4-5-9-19(18)14-17/h4-14,16,24H,3,15H2,1-2H3. The average molecular weight is 422 g/mol. The van der Waals surface area contributed by atoms with Gasteiger partial charge in [-0.3, -0.25) is 9.36 Å². The van der Waals surface area contributed by atoms with Crippen molar-refractivity contribution >= 4 is 45.3 Å². The van der Waals surface area contributed by atoms with Crippen molar-refractivity contribution in [2.45, 2.75) is 19.0 Å². The highest BCUT2D eigenvalue weighted by atomic mass is 32.1. The van der Waals surface area contributed by atoms with Gasteiger partial charge in [-0.15, -0.1) is 11.3 Å². The van der Waals surface area contributed by atoms with Crippen LogP contribution in [0.25, 0.3) is 20.9 Å². The number of benzene rings is 3. The molecule has 4 rings (SSSR count). The normalized spacial score (nSPS) is 14.7. The molecule has 2 unspecified atom stereocenters. The summed E-state index contributed by atoms with van der Waals surface area (Å²) in [5.41, 5.74) is 0.982. The van der Waals surface area contributed by atoms with Crippen molar-refractivity contribution in [3.8, 4) is 0 Å². The third-order valence-electron chi connectivity index (χ3n) is 5.16. The Kier molecular flexibility index (Phi) is 5.69. The van der Waals surface area contributed by atoms with Crippen LogP contribution in [0.3, 0.4) is 0 Å². The Bertz CT molecular complexity index is 1230. The Hall–Kier alpha value is -2.26. The number of fused-ring (bicyclic) bond motifs is 2. The van der Waals surface area contributed by atoms with E-state index >= 15 is 0 Å². The van der Waals surface area contributed by atoms with E-state index in [0.29, 0.717) is 6.61 Å². The van der Waals surface area contributed by atoms with Crippen molar-refractivity contribution in [1.82, 2.24) is 0 Å². The van der Waals surface area contributed by atoms with E-state index in [1.165, 1.54) is 0 Å². The second kappa shape index (κ2) is 8.23. The van der Waals surface area contributed by atoms with E-state index in [1.54, 1.807) is 18.0 Å². The molecule has 0 fully saturated rings. The molecular weight excluding hydrogens is 399 g/mol. The van der Waals surface area contributed by atoms with Gasteiger partial charge in [0.2, 0.25) is 7.37 Å². The number of carbonyl (C=O) groups excluding carboxylic acids is 1. The van der Waals surface area contributed by atoms with E-state index in [0.717, 1.165) is 32.0 Å². The third kappa shape index (κ3) is 4.06. The number of Topliss-reactive ketones (excluding diaryl/α,β-unsaturated/α-hetero) is 1. The van der Waals surface area contributed by atoms with E-state index in [-0.39, 0.29) is 12.2 Å². The quantitative estimate of drug-likeness (QED) is 0.306. The van der Waals surface area contributed by atoms with Crippen LogP contribution < -0.4 is 0 Å². The highest BCUT2D eigenvalue weighted by molar-refractivity contribution is 7.59. The largest absolute Gasteiger partial charge is 0.328 e. The molecule has 0 spiro atoms. The van der Waals surface area contributed by atoms with Crippen molar-refractivity contribution in [2.75, 3.05) is 13.3 Å². The van der Waals surface area contributed by atoms with Crippen LogP contribution in [-0.2, 0) is 20.3 Å². The molecule has 1 heterocycles. The Morgan fingerprint density at radius 2 is 1.76 bits per heavy atom. The molecule has 148 valence electrons. The molecule has 3 aromatic carbocycles. The number of rotatable bonds is 7. The zero-order valence-electron chi connectivity index (χ0n) is 16.5. The molecule has 0 amide bonds. The zero-order valence-corrected chi connectivity index (χ0v) is 18.2. The molecule has 3 nitrogen and oxygen atoms in total. The first kappa shape index (κ1) is 20.0. The van der Waals surface area contributed by atoms with Gasteiger partial charge in [0.05, 0.1) is 6.61 Å². The summed E-state index contributed by atoms with van der Waals surface area (Å²) in [4.78, 5) is 13.5. The summed E-state index contributed by atoms with van der Waals surface area (Å²) in [6.07, 6.45) is 0.227. The molecule has 0 aliphatic rings. The maximum atomic E-state index is 13.5. The van der Waals surface area contributed by atoms with Gasteiger partial charge in [-0.2, -0.15) is 0 Å². The van der Waals surface area contributed by atoms with E-state index in [4.69, 9.17) is 4.52 Å². The lowest BCUT2D eigenvalue weighted by Gasteiger charge is -2.23. The van der Waals surface area contributed by atoms with Crippen molar-refractivity contribution in [3.05, 3.63) is 83.2 Å². The number of thiophene rings is 1. The molecule has 0 bridgehead atoms. The van der Waals surface area contributed by atoms with Gasteiger partial charge >= 0.3 is 0 Å². The van der Waals surface area contributed by atoms with E-state index < -0.39 is 13.0 Å². The van der Waals surface area contributed by atoms with E-state index in [9.17, 15) is 9.36 Å². The molecule has 0 aliphatic heterocycles. The van der Waals surface area contributed by atoms with Gasteiger partial charge in [-0.1, -0.05) is 60.7 Å². The minimum atomic E-state index is -3.18. The first-order valence-electron chi connectivity index (χ1n) is 9.68. The van der Waals surface area contributed by atoms with Gasteiger partial charge in [-0.05, 0) is 45.7 Å². The summed E-state index contributed by atoms with van der Waals surface area (Å²) in [5.74, 6) is -0.0666. The van der Waals surface area contributed by atoms with Crippen LogP contribution >= 0.6 is 18.7 Å². The van der Waals surface area contributed by atoms with Gasteiger partial charge < -0.3 is 4.52 Å². The van der Waals surface area contributed by atoms with Gasteiger partial charge in [0.15, 0.2) is 5.78 Å². The summed E-state index contributed by atoms with van der Waals surface area (Å²) >= 11 is 1.57. The highest BCUT2D eigenvalue weighted by Gasteiger charge is 2.38. The van der Waals surface area contributed by atoms with Gasteiger partial charge in [0, 0.05) is 17.8 Å². The van der Waals surface area contributed by atoms with Crippen LogP contribution in [0.4, 0.5) is 0 Å². The van der Waals surface area contributed by atoms with Gasteiger partial charge in [-0.25, -0.2) is 0 Å². The first-order valence-corrected chi connectivity index (χ1v) is 12.7. The summed E-state index contributed by atoms with van der Waals surface area (Å²) in [7, 11) is -3.18. The second-order valence-electron chi connectivity index (χ2n) is 7.24. The number of hydrogen-bond donors (Lipinski definition) is 0. The molecule has 5 heteroatoms. The molecule has 2 atom stereocenters. The molecule has 1 aromatic heterocycles. The highest BCUT2D eigenvalue weighted by Crippen LogP contribution is 2.59. The van der Waals surface area contributed by atoms with E-state index in [2.05, 4.69) is 6.07 Å². The first-order chi connectivity index (χ1) is 14.0. The third-order valence-corrected chi connectivity index (χ3v) is 8.41. The maximum Gasteiger partial charge on any atom is 0.214 e. The topological polar surface area (TPSA) is 43.4 Å². The Labute approximate surface area is 174 Å². The van der Waals surface area contributed by atoms with Crippen molar-refractivity contribution < 1.29 is 13.9 Å². The molecule has 0 saturated carbocycles. The van der Waals surface area contributed by atoms with Crippen LogP contribution in [0, 0.1) is 0 Å². The fourth-order valence-corrected chi connectivity index (χ4v) is 6.96. The summed E-state index contributed by atoms with van der Waals surface area (Å²) in [5, 5.41) is 5.18. The zero-order chi connectivity index (χ0) is 20.4. The van der Waals surface area contributed by atoms with Crippen molar-refractivity contribution in [3.63, 3.8) is 0 Å². The smallest absolute Gasteiger partial charge is 0.214 e. The molecular formula is C24H23O3PS. The molecule has 0 N–H and O–H groups in total. The molecule has 0 aliphatic carbocycles. The van der Waals surface area contributed by atoms with Crippen LogP contribution in [0.2, 0.25) is 0 Å². The van der Waals surface area contributed by atoms with Crippen LogP contribution in [0.15, 0.2) is 72.1 Å². The maximum absolute atomic E-state index is 13.5. The molecule has 0 radical (unpaired) electrons. The predicted molar refractivity (Wildman–Crippen MR) is 122 cm³/mol. The van der Waals surface area contributed by atoms with Crippen LogP contribution in [0.5, 0.6) is 0 Å². The number of ketones is 1. The number of carbonyl (C=O) groups is 1. The molecule has 29 heavy (non-hydrogen) atoms. The Morgan fingerprint density at radius 1 is 1.03 bits per heavy atom. The Balaban J connectivity index is 1.74. The minimum absolute atomic E-state index is 0.0666. The lowest BCUT2D eigenvalue weighted by atomic mass is 9.99.